The molecule has 1 unspecified atom stereocenters. The standard InChI is InChI=1S/C12H22F3NO/c1-9-3-5-11(6-4-9)16-7-8-17-10(2)12(13,14)15/h9-11,16H,3-8H2,1-2H3. The highest BCUT2D eigenvalue weighted by atomic mass is 19.4. The summed E-state index contributed by atoms with van der Waals surface area (Å²) in [4.78, 5) is 0. The molecule has 0 amide bonds. The average Bonchev–Trinajstić information content (AvgIpc) is 2.25. The van der Waals surface area contributed by atoms with Crippen LogP contribution in [0.4, 0.5) is 13.2 Å². The summed E-state index contributed by atoms with van der Waals surface area (Å²) < 4.78 is 41.1. The molecule has 0 spiro atoms. The molecule has 0 aromatic rings. The summed E-state index contributed by atoms with van der Waals surface area (Å²) in [6.07, 6.45) is -1.27. The molecule has 2 nitrogen and oxygen atoms in total. The first kappa shape index (κ1) is 14.8. The van der Waals surface area contributed by atoms with Crippen molar-refractivity contribution in [3.05, 3.63) is 0 Å². The molecule has 102 valence electrons. The van der Waals surface area contributed by atoms with Crippen molar-refractivity contribution in [2.45, 2.75) is 57.9 Å². The third-order valence-corrected chi connectivity index (χ3v) is 3.38. The van der Waals surface area contributed by atoms with Crippen LogP contribution in [0, 0.1) is 5.92 Å². The maximum atomic E-state index is 12.1. The zero-order valence-electron chi connectivity index (χ0n) is 10.5. The Morgan fingerprint density at radius 2 is 1.82 bits per heavy atom. The first-order chi connectivity index (χ1) is 7.89. The van der Waals surface area contributed by atoms with Gasteiger partial charge in [0.25, 0.3) is 0 Å². The second kappa shape index (κ2) is 6.59. The minimum absolute atomic E-state index is 0.118. The molecule has 0 radical (unpaired) electrons. The smallest absolute Gasteiger partial charge is 0.368 e. The van der Waals surface area contributed by atoms with Gasteiger partial charge >= 0.3 is 6.18 Å². The van der Waals surface area contributed by atoms with E-state index in [1.807, 2.05) is 0 Å². The molecule has 0 saturated heterocycles. The van der Waals surface area contributed by atoms with Gasteiger partial charge in [0.2, 0.25) is 0 Å². The van der Waals surface area contributed by atoms with E-state index < -0.39 is 12.3 Å². The van der Waals surface area contributed by atoms with E-state index >= 15 is 0 Å². The van der Waals surface area contributed by atoms with Crippen molar-refractivity contribution in [2.75, 3.05) is 13.2 Å². The fourth-order valence-electron chi connectivity index (χ4n) is 2.06. The molecule has 0 aromatic heterocycles. The van der Waals surface area contributed by atoms with Crippen molar-refractivity contribution < 1.29 is 17.9 Å². The maximum Gasteiger partial charge on any atom is 0.414 e. The van der Waals surface area contributed by atoms with Gasteiger partial charge in [-0.05, 0) is 38.5 Å². The number of hydrogen-bond acceptors (Lipinski definition) is 2. The van der Waals surface area contributed by atoms with Gasteiger partial charge in [0, 0.05) is 12.6 Å². The van der Waals surface area contributed by atoms with Gasteiger partial charge in [-0.2, -0.15) is 13.2 Å². The molecule has 1 fully saturated rings. The van der Waals surface area contributed by atoms with E-state index in [9.17, 15) is 13.2 Å². The van der Waals surface area contributed by atoms with Gasteiger partial charge in [-0.25, -0.2) is 0 Å². The van der Waals surface area contributed by atoms with Gasteiger partial charge in [0.1, 0.15) is 0 Å². The topological polar surface area (TPSA) is 21.3 Å². The lowest BCUT2D eigenvalue weighted by molar-refractivity contribution is -0.213. The van der Waals surface area contributed by atoms with Crippen LogP contribution in [0.15, 0.2) is 0 Å². The van der Waals surface area contributed by atoms with Crippen LogP contribution in [-0.4, -0.2) is 31.5 Å². The third kappa shape index (κ3) is 5.73. The van der Waals surface area contributed by atoms with Crippen molar-refractivity contribution in [3.63, 3.8) is 0 Å². The van der Waals surface area contributed by atoms with Gasteiger partial charge < -0.3 is 10.1 Å². The Bertz CT molecular complexity index is 212. The average molecular weight is 253 g/mol. The van der Waals surface area contributed by atoms with E-state index in [0.717, 1.165) is 25.7 Å². The van der Waals surface area contributed by atoms with Crippen LogP contribution in [0.5, 0.6) is 0 Å². The Kier molecular flexibility index (Phi) is 5.73. The number of ether oxygens (including phenoxy) is 1. The Balaban J connectivity index is 2.04. The summed E-state index contributed by atoms with van der Waals surface area (Å²) in [7, 11) is 0. The normalized spacial score (nSPS) is 28.1. The van der Waals surface area contributed by atoms with Gasteiger partial charge in [-0.3, -0.25) is 0 Å². The largest absolute Gasteiger partial charge is 0.414 e. The van der Waals surface area contributed by atoms with Gasteiger partial charge in [0.15, 0.2) is 6.10 Å². The second-order valence-corrected chi connectivity index (χ2v) is 4.97. The van der Waals surface area contributed by atoms with E-state index in [2.05, 4.69) is 12.2 Å². The van der Waals surface area contributed by atoms with Crippen LogP contribution < -0.4 is 5.32 Å². The summed E-state index contributed by atoms with van der Waals surface area (Å²) in [6, 6.07) is 0.455. The summed E-state index contributed by atoms with van der Waals surface area (Å²) in [6.45, 7) is 3.90. The number of hydrogen-bond donors (Lipinski definition) is 1. The summed E-state index contributed by atoms with van der Waals surface area (Å²) >= 11 is 0. The predicted octanol–water partition coefficient (Wildman–Crippen LogP) is 3.12. The molecule has 1 aliphatic rings. The lowest BCUT2D eigenvalue weighted by atomic mass is 9.87. The molecule has 1 rings (SSSR count). The molecule has 0 aromatic carbocycles. The van der Waals surface area contributed by atoms with Crippen molar-refractivity contribution in [2.24, 2.45) is 5.92 Å². The maximum absolute atomic E-state index is 12.1. The van der Waals surface area contributed by atoms with E-state index in [1.165, 1.54) is 12.8 Å². The summed E-state index contributed by atoms with van der Waals surface area (Å²) in [5, 5.41) is 3.26. The fraction of sp³-hybridized carbons (Fsp3) is 1.00. The van der Waals surface area contributed by atoms with Gasteiger partial charge in [-0.15, -0.1) is 0 Å². The zero-order chi connectivity index (χ0) is 12.9. The molecule has 0 heterocycles. The highest BCUT2D eigenvalue weighted by Gasteiger charge is 2.36. The van der Waals surface area contributed by atoms with E-state index in [1.54, 1.807) is 0 Å². The number of alkyl halides is 3. The van der Waals surface area contributed by atoms with E-state index in [0.29, 0.717) is 12.6 Å². The lowest BCUT2D eigenvalue weighted by Crippen LogP contribution is -2.37. The Morgan fingerprint density at radius 3 is 2.35 bits per heavy atom. The molecule has 5 heteroatoms. The molecule has 17 heavy (non-hydrogen) atoms. The monoisotopic (exact) mass is 253 g/mol. The molecule has 1 N–H and O–H groups in total. The third-order valence-electron chi connectivity index (χ3n) is 3.38. The summed E-state index contributed by atoms with van der Waals surface area (Å²) in [5.41, 5.74) is 0. The molecule has 1 aliphatic carbocycles. The van der Waals surface area contributed by atoms with Crippen LogP contribution >= 0.6 is 0 Å². The first-order valence-electron chi connectivity index (χ1n) is 6.31. The number of rotatable bonds is 5. The van der Waals surface area contributed by atoms with Crippen molar-refractivity contribution in [1.82, 2.24) is 5.32 Å². The minimum Gasteiger partial charge on any atom is -0.368 e. The Labute approximate surface area is 101 Å². The van der Waals surface area contributed by atoms with Crippen LogP contribution in [0.3, 0.4) is 0 Å². The van der Waals surface area contributed by atoms with Gasteiger partial charge in [-0.1, -0.05) is 6.92 Å². The van der Waals surface area contributed by atoms with Crippen LogP contribution in [-0.2, 0) is 4.74 Å². The zero-order valence-corrected chi connectivity index (χ0v) is 10.5. The molecule has 1 saturated carbocycles. The highest BCUT2D eigenvalue weighted by molar-refractivity contribution is 4.75. The number of halogens is 3. The van der Waals surface area contributed by atoms with Crippen molar-refractivity contribution >= 4 is 0 Å². The lowest BCUT2D eigenvalue weighted by Gasteiger charge is -2.27. The highest BCUT2D eigenvalue weighted by Crippen LogP contribution is 2.23. The minimum atomic E-state index is -4.25. The van der Waals surface area contributed by atoms with Crippen LogP contribution in [0.1, 0.15) is 39.5 Å². The van der Waals surface area contributed by atoms with Crippen LogP contribution in [0.25, 0.3) is 0 Å². The second-order valence-electron chi connectivity index (χ2n) is 4.97. The SMILES string of the molecule is CC1CCC(NCCOC(C)C(F)(F)F)CC1. The van der Waals surface area contributed by atoms with Crippen LogP contribution in [0.2, 0.25) is 0 Å². The van der Waals surface area contributed by atoms with E-state index in [4.69, 9.17) is 4.74 Å². The first-order valence-corrected chi connectivity index (χ1v) is 6.31. The fourth-order valence-corrected chi connectivity index (χ4v) is 2.06. The molecular weight excluding hydrogens is 231 g/mol. The quantitative estimate of drug-likeness (QED) is 0.760. The van der Waals surface area contributed by atoms with Crippen molar-refractivity contribution in [1.29, 1.82) is 0 Å². The Hall–Kier alpha value is -0.290. The number of nitrogens with one attached hydrogen (secondary N) is 1. The van der Waals surface area contributed by atoms with E-state index in [-0.39, 0.29) is 6.61 Å². The Morgan fingerprint density at radius 1 is 1.24 bits per heavy atom. The van der Waals surface area contributed by atoms with Gasteiger partial charge in [0.05, 0.1) is 6.61 Å². The molecule has 0 aliphatic heterocycles. The predicted molar refractivity (Wildman–Crippen MR) is 60.9 cm³/mol. The molecular formula is C12H22F3NO. The molecule has 1 atom stereocenters. The van der Waals surface area contributed by atoms with Crippen molar-refractivity contribution in [3.8, 4) is 0 Å². The summed E-state index contributed by atoms with van der Waals surface area (Å²) in [5.74, 6) is 0.787. The molecule has 0 bridgehead atoms.